The first-order valence-corrected chi connectivity index (χ1v) is 7.51. The Morgan fingerprint density at radius 2 is 1.60 bits per heavy atom. The Morgan fingerprint density at radius 1 is 1.00 bits per heavy atom. The van der Waals surface area contributed by atoms with Crippen molar-refractivity contribution in [3.05, 3.63) is 54.7 Å². The van der Waals surface area contributed by atoms with Gasteiger partial charge in [0.25, 0.3) is 0 Å². The molecule has 1 aliphatic carbocycles. The minimum absolute atomic E-state index is 0.0516. The van der Waals surface area contributed by atoms with Crippen LogP contribution in [-0.2, 0) is 5.60 Å². The summed E-state index contributed by atoms with van der Waals surface area (Å²) in [5.74, 6) is -0.499. The lowest BCUT2D eigenvalue weighted by molar-refractivity contribution is 0.0737. The van der Waals surface area contributed by atoms with E-state index in [1.165, 1.54) is 12.1 Å². The van der Waals surface area contributed by atoms with Crippen LogP contribution in [0, 0.1) is 0 Å². The lowest BCUT2D eigenvalue weighted by Crippen LogP contribution is -2.41. The molecule has 1 aromatic carbocycles. The number of hydrogen-bond donors (Lipinski definition) is 2. The van der Waals surface area contributed by atoms with Gasteiger partial charge in [-0.05, 0) is 6.07 Å². The fraction of sp³-hybridized carbons (Fsp3) is 0.167. The third-order valence-corrected chi connectivity index (χ3v) is 5.69. The van der Waals surface area contributed by atoms with Crippen LogP contribution in [-0.4, -0.2) is 15.6 Å². The first kappa shape index (κ1) is 16.6. The topological polar surface area (TPSA) is 40.5 Å². The van der Waals surface area contributed by atoms with Crippen LogP contribution >= 0.6 is 69.6 Å². The minimum atomic E-state index is -2.04. The van der Waals surface area contributed by atoms with Crippen LogP contribution in [0.3, 0.4) is 0 Å². The van der Waals surface area contributed by atoms with E-state index in [0.717, 1.165) is 0 Å². The van der Waals surface area contributed by atoms with Gasteiger partial charge in [-0.2, -0.15) is 0 Å². The smallest absolute Gasteiger partial charge is 0.152 e. The van der Waals surface area contributed by atoms with Crippen molar-refractivity contribution in [2.24, 2.45) is 0 Å². The Morgan fingerprint density at radius 3 is 2.20 bits per heavy atom. The molecule has 0 amide bonds. The summed E-state index contributed by atoms with van der Waals surface area (Å²) in [4.78, 5) is 0. The zero-order valence-corrected chi connectivity index (χ0v) is 14.0. The van der Waals surface area contributed by atoms with Gasteiger partial charge in [-0.25, -0.2) is 0 Å². The molecule has 1 aromatic rings. The molecule has 108 valence electrons. The summed E-state index contributed by atoms with van der Waals surface area (Å²) in [7, 11) is 0. The molecule has 8 heteroatoms. The molecule has 0 saturated heterocycles. The normalized spacial score (nSPS) is 27.2. The number of halogens is 6. The van der Waals surface area contributed by atoms with Crippen LogP contribution in [0.4, 0.5) is 0 Å². The monoisotopic (exact) mass is 392 g/mol. The summed E-state index contributed by atoms with van der Waals surface area (Å²) in [5, 5.41) is 18.9. The predicted molar refractivity (Wildman–Crippen MR) is 84.2 cm³/mol. The van der Waals surface area contributed by atoms with Gasteiger partial charge in [0, 0.05) is 5.56 Å². The molecule has 0 aromatic heterocycles. The largest absolute Gasteiger partial charge is 0.509 e. The molecule has 0 spiro atoms. The van der Waals surface area contributed by atoms with Crippen LogP contribution < -0.4 is 0 Å². The molecule has 1 aliphatic rings. The Hall–Kier alpha value is 0.200. The fourth-order valence-electron chi connectivity index (χ4n) is 1.85. The van der Waals surface area contributed by atoms with Crippen LogP contribution in [0.2, 0.25) is 10.0 Å². The van der Waals surface area contributed by atoms with E-state index in [9.17, 15) is 10.2 Å². The quantitative estimate of drug-likeness (QED) is 0.617. The van der Waals surface area contributed by atoms with Crippen molar-refractivity contribution in [1.29, 1.82) is 0 Å². The van der Waals surface area contributed by atoms with E-state index in [1.807, 2.05) is 0 Å². The Kier molecular flexibility index (Phi) is 4.78. The Bertz CT molecular complexity index is 639. The zero-order chi connectivity index (χ0) is 15.2. The molecule has 2 atom stereocenters. The molecule has 20 heavy (non-hydrogen) atoms. The predicted octanol–water partition coefficient (Wildman–Crippen LogP) is 5.50. The van der Waals surface area contributed by atoms with Gasteiger partial charge in [0.15, 0.2) is 5.60 Å². The molecule has 2 N–H and O–H groups in total. The molecule has 0 heterocycles. The summed E-state index contributed by atoms with van der Waals surface area (Å²) in [6.07, 6.45) is 0. The van der Waals surface area contributed by atoms with E-state index in [4.69, 9.17) is 69.6 Å². The maximum Gasteiger partial charge on any atom is 0.152 e. The van der Waals surface area contributed by atoms with E-state index < -0.39 is 16.7 Å². The summed E-state index contributed by atoms with van der Waals surface area (Å²) < 4.78 is 0. The van der Waals surface area contributed by atoms with Gasteiger partial charge in [0.1, 0.15) is 11.1 Å². The Balaban J connectivity index is 2.75. The molecule has 0 fully saturated rings. The number of aliphatic hydroxyl groups excluding tert-OH is 1. The molecular formula is C12H6Cl6O2. The number of alkyl halides is 1. The van der Waals surface area contributed by atoms with Gasteiger partial charge in [-0.3, -0.25) is 0 Å². The SMILES string of the molecule is OC1=C(Cl)C(Cl)=C(Cl)C(O)(c2cccc(Cl)c2Cl)C1Cl. The Labute approximate surface area is 145 Å². The van der Waals surface area contributed by atoms with Crippen LogP contribution in [0.5, 0.6) is 0 Å². The maximum atomic E-state index is 10.8. The van der Waals surface area contributed by atoms with Crippen molar-refractivity contribution in [2.75, 3.05) is 0 Å². The summed E-state index contributed by atoms with van der Waals surface area (Å²) in [5.41, 5.74) is -1.92. The molecular weight excluding hydrogens is 389 g/mol. The minimum Gasteiger partial charge on any atom is -0.509 e. The third kappa shape index (κ3) is 2.32. The van der Waals surface area contributed by atoms with Crippen LogP contribution in [0.15, 0.2) is 39.1 Å². The van der Waals surface area contributed by atoms with Crippen molar-refractivity contribution in [2.45, 2.75) is 11.0 Å². The van der Waals surface area contributed by atoms with Crippen LogP contribution in [0.1, 0.15) is 5.56 Å². The number of allylic oxidation sites excluding steroid dienone is 2. The van der Waals surface area contributed by atoms with Gasteiger partial charge >= 0.3 is 0 Å². The first-order valence-electron chi connectivity index (χ1n) is 5.18. The second-order valence-electron chi connectivity index (χ2n) is 4.06. The third-order valence-electron chi connectivity index (χ3n) is 2.91. The van der Waals surface area contributed by atoms with Crippen molar-refractivity contribution in [3.63, 3.8) is 0 Å². The van der Waals surface area contributed by atoms with E-state index >= 15 is 0 Å². The highest BCUT2D eigenvalue weighted by atomic mass is 35.5. The van der Waals surface area contributed by atoms with Gasteiger partial charge in [0.05, 0.1) is 25.1 Å². The highest BCUT2D eigenvalue weighted by Gasteiger charge is 2.49. The fourth-order valence-corrected chi connectivity index (χ4v) is 3.54. The van der Waals surface area contributed by atoms with Crippen molar-refractivity contribution >= 4 is 69.6 Å². The van der Waals surface area contributed by atoms with Gasteiger partial charge in [0.2, 0.25) is 0 Å². The number of aliphatic hydroxyl groups is 2. The summed E-state index contributed by atoms with van der Waals surface area (Å²) >= 11 is 35.8. The number of hydrogen-bond acceptors (Lipinski definition) is 2. The van der Waals surface area contributed by atoms with Crippen LogP contribution in [0.25, 0.3) is 0 Å². The van der Waals surface area contributed by atoms with Gasteiger partial charge in [-0.15, -0.1) is 11.6 Å². The van der Waals surface area contributed by atoms with E-state index in [0.29, 0.717) is 0 Å². The average molecular weight is 395 g/mol. The standard InChI is InChI=1S/C12H6Cl6O2/c13-5-3-1-2-4(6(5)14)12(20)10(17)8(16)7(15)9(19)11(12)18/h1-3,11,19-20H. The second-order valence-corrected chi connectivity index (χ2v) is 6.41. The lowest BCUT2D eigenvalue weighted by Gasteiger charge is -2.36. The maximum absolute atomic E-state index is 10.8. The molecule has 0 aliphatic heterocycles. The summed E-state index contributed by atoms with van der Waals surface area (Å²) in [6, 6.07) is 4.56. The van der Waals surface area contributed by atoms with Gasteiger partial charge < -0.3 is 10.2 Å². The first-order chi connectivity index (χ1) is 9.22. The molecule has 0 saturated carbocycles. The number of rotatable bonds is 1. The van der Waals surface area contributed by atoms with E-state index in [2.05, 4.69) is 0 Å². The molecule has 0 radical (unpaired) electrons. The molecule has 0 bridgehead atoms. The highest BCUT2D eigenvalue weighted by Crippen LogP contribution is 2.51. The van der Waals surface area contributed by atoms with Crippen molar-refractivity contribution in [3.8, 4) is 0 Å². The lowest BCUT2D eigenvalue weighted by atomic mass is 9.85. The van der Waals surface area contributed by atoms with E-state index in [1.54, 1.807) is 6.07 Å². The number of benzene rings is 1. The second kappa shape index (κ2) is 5.77. The summed E-state index contributed by atoms with van der Waals surface area (Å²) in [6.45, 7) is 0. The molecule has 2 unspecified atom stereocenters. The highest BCUT2D eigenvalue weighted by molar-refractivity contribution is 6.50. The van der Waals surface area contributed by atoms with E-state index in [-0.39, 0.29) is 30.7 Å². The average Bonchev–Trinajstić information content (AvgIpc) is 2.44. The van der Waals surface area contributed by atoms with Crippen molar-refractivity contribution in [1.82, 2.24) is 0 Å². The zero-order valence-electron chi connectivity index (χ0n) is 9.47. The molecule has 2 nitrogen and oxygen atoms in total. The van der Waals surface area contributed by atoms with Crippen molar-refractivity contribution < 1.29 is 10.2 Å². The molecule has 2 rings (SSSR count). The van der Waals surface area contributed by atoms with Gasteiger partial charge in [-0.1, -0.05) is 70.1 Å².